The van der Waals surface area contributed by atoms with Crippen LogP contribution in [0.25, 0.3) is 0 Å². The van der Waals surface area contributed by atoms with Crippen LogP contribution in [0.15, 0.2) is 6.20 Å². The van der Waals surface area contributed by atoms with Crippen LogP contribution in [-0.4, -0.2) is 40.5 Å². The van der Waals surface area contributed by atoms with Crippen molar-refractivity contribution in [2.45, 2.75) is 39.7 Å². The third-order valence-corrected chi connectivity index (χ3v) is 3.24. The summed E-state index contributed by atoms with van der Waals surface area (Å²) in [6.07, 6.45) is 4.55. The van der Waals surface area contributed by atoms with E-state index in [0.29, 0.717) is 0 Å². The van der Waals surface area contributed by atoms with Crippen molar-refractivity contribution in [1.82, 2.24) is 14.9 Å². The lowest BCUT2D eigenvalue weighted by molar-refractivity contribution is 0.289. The van der Waals surface area contributed by atoms with Crippen molar-refractivity contribution < 1.29 is 0 Å². The molecule has 0 aliphatic heterocycles. The average molecular weight is 234 g/mol. The molecule has 1 saturated carbocycles. The van der Waals surface area contributed by atoms with E-state index in [1.807, 2.05) is 20.0 Å². The first-order chi connectivity index (χ1) is 8.20. The Morgan fingerprint density at radius 1 is 1.41 bits per heavy atom. The third kappa shape index (κ3) is 3.40. The van der Waals surface area contributed by atoms with E-state index >= 15 is 0 Å². The third-order valence-electron chi connectivity index (χ3n) is 3.24. The molecule has 4 heteroatoms. The SMILES string of the molecule is CCN(CCNc1nc(C)cnc1C)C1CC1. The van der Waals surface area contributed by atoms with Gasteiger partial charge in [0.05, 0.1) is 11.4 Å². The molecule has 2 rings (SSSR count). The van der Waals surface area contributed by atoms with E-state index in [0.717, 1.165) is 42.9 Å². The Morgan fingerprint density at radius 3 is 2.82 bits per heavy atom. The number of likely N-dealkylation sites (N-methyl/N-ethyl adjacent to an activating group) is 1. The Balaban J connectivity index is 1.82. The zero-order chi connectivity index (χ0) is 12.3. The molecule has 0 saturated heterocycles. The largest absolute Gasteiger partial charge is 0.367 e. The summed E-state index contributed by atoms with van der Waals surface area (Å²) in [4.78, 5) is 11.3. The highest BCUT2D eigenvalue weighted by atomic mass is 15.2. The summed E-state index contributed by atoms with van der Waals surface area (Å²) in [7, 11) is 0. The first-order valence-corrected chi connectivity index (χ1v) is 6.49. The van der Waals surface area contributed by atoms with Crippen LogP contribution < -0.4 is 5.32 Å². The second-order valence-electron chi connectivity index (χ2n) is 4.73. The van der Waals surface area contributed by atoms with E-state index in [2.05, 4.69) is 27.1 Å². The van der Waals surface area contributed by atoms with Crippen LogP contribution in [-0.2, 0) is 0 Å². The van der Waals surface area contributed by atoms with Gasteiger partial charge in [0.2, 0.25) is 0 Å². The Labute approximate surface area is 103 Å². The maximum Gasteiger partial charge on any atom is 0.147 e. The highest BCUT2D eigenvalue weighted by molar-refractivity contribution is 5.39. The van der Waals surface area contributed by atoms with Gasteiger partial charge in [-0.1, -0.05) is 6.92 Å². The first kappa shape index (κ1) is 12.3. The number of nitrogens with zero attached hydrogens (tertiary/aromatic N) is 3. The smallest absolute Gasteiger partial charge is 0.147 e. The van der Waals surface area contributed by atoms with Crippen molar-refractivity contribution in [3.63, 3.8) is 0 Å². The summed E-state index contributed by atoms with van der Waals surface area (Å²) in [5.74, 6) is 0.928. The van der Waals surface area contributed by atoms with Crippen LogP contribution in [0.4, 0.5) is 5.82 Å². The van der Waals surface area contributed by atoms with Crippen molar-refractivity contribution >= 4 is 5.82 Å². The van der Waals surface area contributed by atoms with Gasteiger partial charge in [-0.25, -0.2) is 4.98 Å². The zero-order valence-electron chi connectivity index (χ0n) is 11.0. The standard InChI is InChI=1S/C13H22N4/c1-4-17(12-5-6-12)8-7-14-13-11(3)15-9-10(2)16-13/h9,12H,4-8H2,1-3H3,(H,14,16). The molecule has 0 bridgehead atoms. The maximum atomic E-state index is 4.46. The van der Waals surface area contributed by atoms with Gasteiger partial charge in [-0.15, -0.1) is 0 Å². The number of rotatable bonds is 6. The van der Waals surface area contributed by atoms with Gasteiger partial charge in [-0.2, -0.15) is 0 Å². The Morgan fingerprint density at radius 2 is 2.18 bits per heavy atom. The molecule has 1 aliphatic carbocycles. The van der Waals surface area contributed by atoms with Gasteiger partial charge in [0.15, 0.2) is 0 Å². The quantitative estimate of drug-likeness (QED) is 0.817. The first-order valence-electron chi connectivity index (χ1n) is 6.49. The van der Waals surface area contributed by atoms with Crippen LogP contribution >= 0.6 is 0 Å². The predicted octanol–water partition coefficient (Wildman–Crippen LogP) is 1.99. The minimum Gasteiger partial charge on any atom is -0.367 e. The molecule has 1 aromatic rings. The molecule has 1 aliphatic rings. The molecular formula is C13H22N4. The van der Waals surface area contributed by atoms with Gasteiger partial charge in [0.1, 0.15) is 5.82 Å². The van der Waals surface area contributed by atoms with Gasteiger partial charge in [-0.05, 0) is 33.2 Å². The number of hydrogen-bond acceptors (Lipinski definition) is 4. The van der Waals surface area contributed by atoms with E-state index < -0.39 is 0 Å². The lowest BCUT2D eigenvalue weighted by Gasteiger charge is -2.20. The molecule has 0 amide bonds. The Hall–Kier alpha value is -1.16. The molecule has 1 heterocycles. The topological polar surface area (TPSA) is 41.0 Å². The minimum atomic E-state index is 0.839. The lowest BCUT2D eigenvalue weighted by Crippen LogP contribution is -2.31. The average Bonchev–Trinajstić information content (AvgIpc) is 3.13. The number of nitrogens with one attached hydrogen (secondary N) is 1. The molecule has 0 atom stereocenters. The summed E-state index contributed by atoms with van der Waals surface area (Å²) in [5, 5.41) is 3.39. The molecule has 0 radical (unpaired) electrons. The van der Waals surface area contributed by atoms with Gasteiger partial charge < -0.3 is 5.32 Å². The Bertz CT molecular complexity index is 374. The molecule has 4 nitrogen and oxygen atoms in total. The second kappa shape index (κ2) is 5.45. The molecule has 94 valence electrons. The second-order valence-corrected chi connectivity index (χ2v) is 4.73. The number of aryl methyl sites for hydroxylation is 2. The normalized spacial score (nSPS) is 15.3. The fourth-order valence-electron chi connectivity index (χ4n) is 2.06. The number of anilines is 1. The van der Waals surface area contributed by atoms with E-state index in [4.69, 9.17) is 0 Å². The molecule has 1 fully saturated rings. The molecular weight excluding hydrogens is 212 g/mol. The van der Waals surface area contributed by atoms with Crippen LogP contribution in [0.5, 0.6) is 0 Å². The van der Waals surface area contributed by atoms with E-state index in [1.165, 1.54) is 12.8 Å². The Kier molecular flexibility index (Phi) is 3.94. The summed E-state index contributed by atoms with van der Waals surface area (Å²) in [6, 6.07) is 0.839. The fourth-order valence-corrected chi connectivity index (χ4v) is 2.06. The molecule has 1 N–H and O–H groups in total. The summed E-state index contributed by atoms with van der Waals surface area (Å²) in [5.41, 5.74) is 1.94. The summed E-state index contributed by atoms with van der Waals surface area (Å²) >= 11 is 0. The van der Waals surface area contributed by atoms with E-state index in [1.54, 1.807) is 0 Å². The van der Waals surface area contributed by atoms with Gasteiger partial charge in [0, 0.05) is 25.3 Å². The van der Waals surface area contributed by atoms with Gasteiger partial charge in [0.25, 0.3) is 0 Å². The van der Waals surface area contributed by atoms with Crippen LogP contribution in [0.3, 0.4) is 0 Å². The predicted molar refractivity (Wildman–Crippen MR) is 70.3 cm³/mol. The highest BCUT2D eigenvalue weighted by Crippen LogP contribution is 2.25. The van der Waals surface area contributed by atoms with Crippen molar-refractivity contribution in [1.29, 1.82) is 0 Å². The molecule has 1 aromatic heterocycles. The summed E-state index contributed by atoms with van der Waals surface area (Å²) in [6.45, 7) is 9.38. The van der Waals surface area contributed by atoms with Gasteiger partial charge >= 0.3 is 0 Å². The van der Waals surface area contributed by atoms with Crippen molar-refractivity contribution in [3.05, 3.63) is 17.6 Å². The van der Waals surface area contributed by atoms with Crippen molar-refractivity contribution in [2.24, 2.45) is 0 Å². The fraction of sp³-hybridized carbons (Fsp3) is 0.692. The van der Waals surface area contributed by atoms with Crippen LogP contribution in [0.1, 0.15) is 31.2 Å². The monoisotopic (exact) mass is 234 g/mol. The summed E-state index contributed by atoms with van der Waals surface area (Å²) < 4.78 is 0. The molecule has 0 unspecified atom stereocenters. The number of aromatic nitrogens is 2. The van der Waals surface area contributed by atoms with E-state index in [9.17, 15) is 0 Å². The molecule has 17 heavy (non-hydrogen) atoms. The van der Waals surface area contributed by atoms with Crippen LogP contribution in [0.2, 0.25) is 0 Å². The minimum absolute atomic E-state index is 0.839. The maximum absolute atomic E-state index is 4.46. The van der Waals surface area contributed by atoms with Crippen LogP contribution in [0, 0.1) is 13.8 Å². The molecule has 0 aromatic carbocycles. The van der Waals surface area contributed by atoms with Crippen molar-refractivity contribution in [2.75, 3.05) is 25.0 Å². The van der Waals surface area contributed by atoms with E-state index in [-0.39, 0.29) is 0 Å². The number of hydrogen-bond donors (Lipinski definition) is 1. The lowest BCUT2D eigenvalue weighted by atomic mass is 10.4. The van der Waals surface area contributed by atoms with Gasteiger partial charge in [-0.3, -0.25) is 9.88 Å². The zero-order valence-corrected chi connectivity index (χ0v) is 11.0. The molecule has 0 spiro atoms. The van der Waals surface area contributed by atoms with Crippen molar-refractivity contribution in [3.8, 4) is 0 Å². The highest BCUT2D eigenvalue weighted by Gasteiger charge is 2.27.